The lowest BCUT2D eigenvalue weighted by molar-refractivity contribution is 0.295. The third-order valence-corrected chi connectivity index (χ3v) is 4.58. The van der Waals surface area contributed by atoms with Crippen LogP contribution in [0.15, 0.2) is 6.07 Å². The van der Waals surface area contributed by atoms with Gasteiger partial charge in [0.05, 0.1) is 10.0 Å². The van der Waals surface area contributed by atoms with Crippen LogP contribution in [0.2, 0.25) is 10.0 Å². The Morgan fingerprint density at radius 1 is 1.26 bits per heavy atom. The molecule has 1 aromatic rings. The minimum atomic E-state index is 0.437. The Balaban J connectivity index is 2.39. The average Bonchev–Trinajstić information content (AvgIpc) is 2.34. The van der Waals surface area contributed by atoms with E-state index >= 15 is 0 Å². The Bertz CT molecular complexity index is 464. The first kappa shape index (κ1) is 14.7. The van der Waals surface area contributed by atoms with Gasteiger partial charge in [0.15, 0.2) is 0 Å². The van der Waals surface area contributed by atoms with E-state index in [1.165, 1.54) is 6.42 Å². The van der Waals surface area contributed by atoms with Crippen molar-refractivity contribution in [1.29, 1.82) is 0 Å². The zero-order valence-corrected chi connectivity index (χ0v) is 13.4. The summed E-state index contributed by atoms with van der Waals surface area (Å²) in [7, 11) is 1.82. The van der Waals surface area contributed by atoms with Gasteiger partial charge in [0.2, 0.25) is 0 Å². The molecule has 0 bridgehead atoms. The van der Waals surface area contributed by atoms with E-state index in [0.717, 1.165) is 12.4 Å². The predicted molar refractivity (Wildman–Crippen MR) is 83.6 cm³/mol. The van der Waals surface area contributed by atoms with Crippen molar-refractivity contribution in [3.05, 3.63) is 16.1 Å². The van der Waals surface area contributed by atoms with Gasteiger partial charge in [-0.15, -0.1) is 0 Å². The van der Waals surface area contributed by atoms with E-state index in [1.807, 2.05) is 7.05 Å². The summed E-state index contributed by atoms with van der Waals surface area (Å²) in [4.78, 5) is 6.89. The summed E-state index contributed by atoms with van der Waals surface area (Å²) >= 11 is 12.4. The van der Waals surface area contributed by atoms with Crippen LogP contribution in [0.4, 0.5) is 11.6 Å². The summed E-state index contributed by atoms with van der Waals surface area (Å²) in [6.45, 7) is 7.79. The second-order valence-corrected chi connectivity index (χ2v) is 6.40. The maximum Gasteiger partial charge on any atom is 0.150 e. The molecule has 1 N–H and O–H groups in total. The molecule has 19 heavy (non-hydrogen) atoms. The van der Waals surface area contributed by atoms with Crippen molar-refractivity contribution in [2.75, 3.05) is 23.8 Å². The van der Waals surface area contributed by atoms with Crippen LogP contribution in [0.3, 0.4) is 0 Å². The quantitative estimate of drug-likeness (QED) is 0.882. The Morgan fingerprint density at radius 3 is 2.58 bits per heavy atom. The number of nitrogens with zero attached hydrogens (tertiary/aromatic N) is 2. The summed E-state index contributed by atoms with van der Waals surface area (Å²) in [6, 6.07) is 2.21. The van der Waals surface area contributed by atoms with Gasteiger partial charge in [-0.1, -0.05) is 37.0 Å². The maximum absolute atomic E-state index is 6.34. The van der Waals surface area contributed by atoms with E-state index in [9.17, 15) is 0 Å². The fraction of sp³-hybridized carbons (Fsp3) is 0.643. The first-order valence-electron chi connectivity index (χ1n) is 6.74. The second-order valence-electron chi connectivity index (χ2n) is 5.59. The number of piperidine rings is 1. The van der Waals surface area contributed by atoms with E-state index in [4.69, 9.17) is 23.2 Å². The lowest BCUT2D eigenvalue weighted by Crippen LogP contribution is -2.46. The molecule has 0 aromatic carbocycles. The topological polar surface area (TPSA) is 28.2 Å². The largest absolute Gasteiger partial charge is 0.372 e. The molecule has 106 valence electrons. The van der Waals surface area contributed by atoms with Crippen molar-refractivity contribution in [2.45, 2.75) is 33.2 Å². The SMILES string of the molecule is CNc1nc(N2CC(C)CC(C)C2C)c(Cl)cc1Cl. The van der Waals surface area contributed by atoms with Crippen LogP contribution in [0.1, 0.15) is 27.2 Å². The molecule has 1 saturated heterocycles. The monoisotopic (exact) mass is 301 g/mol. The number of anilines is 2. The van der Waals surface area contributed by atoms with E-state index in [-0.39, 0.29) is 0 Å². The molecule has 2 rings (SSSR count). The predicted octanol–water partition coefficient (Wildman–Crippen LogP) is 4.30. The zero-order chi connectivity index (χ0) is 14.2. The van der Waals surface area contributed by atoms with Crippen LogP contribution in [0.25, 0.3) is 0 Å². The number of aromatic nitrogens is 1. The van der Waals surface area contributed by atoms with E-state index in [0.29, 0.717) is 33.7 Å². The zero-order valence-electron chi connectivity index (χ0n) is 11.9. The molecule has 1 fully saturated rings. The number of pyridine rings is 1. The van der Waals surface area contributed by atoms with Gasteiger partial charge < -0.3 is 10.2 Å². The van der Waals surface area contributed by atoms with Gasteiger partial charge >= 0.3 is 0 Å². The molecular formula is C14H21Cl2N3. The fourth-order valence-electron chi connectivity index (χ4n) is 2.83. The van der Waals surface area contributed by atoms with E-state index in [2.05, 4.69) is 36.0 Å². The van der Waals surface area contributed by atoms with Gasteiger partial charge in [0.1, 0.15) is 11.6 Å². The second kappa shape index (κ2) is 5.76. The van der Waals surface area contributed by atoms with Crippen molar-refractivity contribution in [1.82, 2.24) is 4.98 Å². The van der Waals surface area contributed by atoms with Gasteiger partial charge in [-0.3, -0.25) is 0 Å². The number of rotatable bonds is 2. The third kappa shape index (κ3) is 2.92. The molecule has 1 aliphatic rings. The van der Waals surface area contributed by atoms with Crippen molar-refractivity contribution in [3.8, 4) is 0 Å². The molecule has 5 heteroatoms. The highest BCUT2D eigenvalue weighted by molar-refractivity contribution is 6.37. The molecule has 0 amide bonds. The highest BCUT2D eigenvalue weighted by Gasteiger charge is 2.31. The van der Waals surface area contributed by atoms with Gasteiger partial charge in [-0.2, -0.15) is 0 Å². The molecule has 0 radical (unpaired) electrons. The summed E-state index contributed by atoms with van der Waals surface area (Å²) in [6.07, 6.45) is 1.25. The number of hydrogen-bond donors (Lipinski definition) is 1. The molecule has 0 aliphatic carbocycles. The molecule has 3 atom stereocenters. The Hall–Kier alpha value is -0.670. The normalized spacial score (nSPS) is 27.5. The van der Waals surface area contributed by atoms with Crippen LogP contribution in [0, 0.1) is 11.8 Å². The molecule has 1 aliphatic heterocycles. The van der Waals surface area contributed by atoms with Gasteiger partial charge in [-0.05, 0) is 31.2 Å². The minimum absolute atomic E-state index is 0.437. The molecule has 2 heterocycles. The van der Waals surface area contributed by atoms with Crippen LogP contribution < -0.4 is 10.2 Å². The molecule has 3 unspecified atom stereocenters. The molecule has 3 nitrogen and oxygen atoms in total. The van der Waals surface area contributed by atoms with Gasteiger partial charge in [0, 0.05) is 19.6 Å². The van der Waals surface area contributed by atoms with E-state index in [1.54, 1.807) is 6.07 Å². The third-order valence-electron chi connectivity index (χ3n) is 4.02. The molecule has 0 spiro atoms. The minimum Gasteiger partial charge on any atom is -0.372 e. The first-order chi connectivity index (χ1) is 8.93. The molecule has 0 saturated carbocycles. The summed E-state index contributed by atoms with van der Waals surface area (Å²) < 4.78 is 0. The average molecular weight is 302 g/mol. The maximum atomic E-state index is 6.34. The Morgan fingerprint density at radius 2 is 1.95 bits per heavy atom. The Kier molecular flexibility index (Phi) is 4.46. The molecule has 1 aromatic heterocycles. The number of halogens is 2. The van der Waals surface area contributed by atoms with Crippen LogP contribution in [-0.4, -0.2) is 24.6 Å². The van der Waals surface area contributed by atoms with Gasteiger partial charge in [0.25, 0.3) is 0 Å². The first-order valence-corrected chi connectivity index (χ1v) is 7.50. The number of hydrogen-bond acceptors (Lipinski definition) is 3. The highest BCUT2D eigenvalue weighted by Crippen LogP contribution is 2.36. The summed E-state index contributed by atoms with van der Waals surface area (Å²) in [5, 5.41) is 4.19. The van der Waals surface area contributed by atoms with Crippen molar-refractivity contribution in [3.63, 3.8) is 0 Å². The fourth-order valence-corrected chi connectivity index (χ4v) is 3.39. The lowest BCUT2D eigenvalue weighted by atomic mass is 9.86. The summed E-state index contributed by atoms with van der Waals surface area (Å²) in [5.74, 6) is 2.80. The standard InChI is InChI=1S/C14H21Cl2N3/c1-8-5-9(2)10(3)19(7-8)14-12(16)6-11(15)13(17-4)18-14/h6,8-10H,5,7H2,1-4H3,(H,17,18). The Labute approximate surface area is 125 Å². The van der Waals surface area contributed by atoms with E-state index < -0.39 is 0 Å². The van der Waals surface area contributed by atoms with Crippen LogP contribution in [0.5, 0.6) is 0 Å². The highest BCUT2D eigenvalue weighted by atomic mass is 35.5. The van der Waals surface area contributed by atoms with Crippen molar-refractivity contribution in [2.24, 2.45) is 11.8 Å². The molecular weight excluding hydrogens is 281 g/mol. The van der Waals surface area contributed by atoms with Gasteiger partial charge in [-0.25, -0.2) is 4.98 Å². The summed E-state index contributed by atoms with van der Waals surface area (Å²) in [5.41, 5.74) is 0. The lowest BCUT2D eigenvalue weighted by Gasteiger charge is -2.42. The number of nitrogens with one attached hydrogen (secondary N) is 1. The van der Waals surface area contributed by atoms with Crippen molar-refractivity contribution >= 4 is 34.8 Å². The van der Waals surface area contributed by atoms with Crippen LogP contribution >= 0.6 is 23.2 Å². The van der Waals surface area contributed by atoms with Crippen LogP contribution in [-0.2, 0) is 0 Å². The smallest absolute Gasteiger partial charge is 0.150 e. The van der Waals surface area contributed by atoms with Crippen molar-refractivity contribution < 1.29 is 0 Å².